The number of rotatable bonds is 9. The van der Waals surface area contributed by atoms with Crippen molar-refractivity contribution in [2.75, 3.05) is 14.2 Å². The van der Waals surface area contributed by atoms with Crippen molar-refractivity contribution in [1.29, 1.82) is 0 Å². The number of hydrogen-bond acceptors (Lipinski definition) is 6. The van der Waals surface area contributed by atoms with E-state index in [0.29, 0.717) is 34.6 Å². The van der Waals surface area contributed by atoms with Gasteiger partial charge in [-0.2, -0.15) is 0 Å². The summed E-state index contributed by atoms with van der Waals surface area (Å²) in [7, 11) is 2.87. The maximum atomic E-state index is 11.7. The van der Waals surface area contributed by atoms with Gasteiger partial charge in [-0.25, -0.2) is 4.79 Å². The second-order valence-corrected chi connectivity index (χ2v) is 6.47. The van der Waals surface area contributed by atoms with Gasteiger partial charge in [-0.15, -0.1) is 0 Å². The first-order valence-electron chi connectivity index (χ1n) is 9.32. The van der Waals surface area contributed by atoms with Crippen LogP contribution in [0.5, 0.6) is 17.2 Å². The van der Waals surface area contributed by atoms with E-state index < -0.39 is 5.97 Å². The standard InChI is InChI=1S/C23H26O6/c1-5-6-19-21(11-9-18(15(2)24)23(19)26)29-14-16-7-10-20(27-3)17(13-16)8-12-22(25)28-4/h7-13,26H,5-6,14H2,1-4H3/b12-8+. The molecule has 0 aromatic heterocycles. The summed E-state index contributed by atoms with van der Waals surface area (Å²) in [5.74, 6) is 0.483. The van der Waals surface area contributed by atoms with E-state index >= 15 is 0 Å². The molecule has 29 heavy (non-hydrogen) atoms. The Morgan fingerprint density at radius 2 is 1.83 bits per heavy atom. The third-order valence-corrected chi connectivity index (χ3v) is 4.41. The Kier molecular flexibility index (Phi) is 7.83. The number of phenolic OH excluding ortho intramolecular Hbond substituents is 1. The smallest absolute Gasteiger partial charge is 0.330 e. The first-order chi connectivity index (χ1) is 13.9. The molecule has 0 heterocycles. The second kappa shape index (κ2) is 10.3. The van der Waals surface area contributed by atoms with Crippen LogP contribution in [0.3, 0.4) is 0 Å². The highest BCUT2D eigenvalue weighted by Crippen LogP contribution is 2.33. The highest BCUT2D eigenvalue weighted by atomic mass is 16.5. The lowest BCUT2D eigenvalue weighted by molar-refractivity contribution is -0.134. The molecule has 1 N–H and O–H groups in total. The van der Waals surface area contributed by atoms with E-state index in [9.17, 15) is 14.7 Å². The van der Waals surface area contributed by atoms with Gasteiger partial charge in [-0.3, -0.25) is 4.79 Å². The SMILES string of the molecule is CCCc1c(OCc2ccc(OC)c(/C=C/C(=O)OC)c2)ccc(C(C)=O)c1O. The Hall–Kier alpha value is -3.28. The average Bonchev–Trinajstić information content (AvgIpc) is 2.72. The third-order valence-electron chi connectivity index (χ3n) is 4.41. The largest absolute Gasteiger partial charge is 0.507 e. The zero-order valence-corrected chi connectivity index (χ0v) is 17.2. The molecule has 6 heteroatoms. The maximum absolute atomic E-state index is 11.7. The van der Waals surface area contributed by atoms with Crippen molar-refractivity contribution < 1.29 is 28.9 Å². The lowest BCUT2D eigenvalue weighted by Crippen LogP contribution is -2.03. The van der Waals surface area contributed by atoms with Crippen molar-refractivity contribution in [3.8, 4) is 17.2 Å². The predicted octanol–water partition coefficient (Wildman–Crippen LogP) is 4.32. The Labute approximate surface area is 170 Å². The Bertz CT molecular complexity index is 914. The van der Waals surface area contributed by atoms with E-state index in [0.717, 1.165) is 12.0 Å². The van der Waals surface area contributed by atoms with E-state index in [4.69, 9.17) is 9.47 Å². The lowest BCUT2D eigenvalue weighted by Gasteiger charge is -2.15. The maximum Gasteiger partial charge on any atom is 0.330 e. The lowest BCUT2D eigenvalue weighted by atomic mass is 10.0. The van der Waals surface area contributed by atoms with Crippen LogP contribution >= 0.6 is 0 Å². The number of Topliss-reactive ketones (excluding diaryl/α,β-unsaturated/α-hetero) is 1. The summed E-state index contributed by atoms with van der Waals surface area (Å²) in [4.78, 5) is 23.1. The summed E-state index contributed by atoms with van der Waals surface area (Å²) in [5, 5.41) is 10.5. The molecule has 0 bridgehead atoms. The third kappa shape index (κ3) is 5.60. The molecular formula is C23H26O6. The van der Waals surface area contributed by atoms with Gasteiger partial charge in [-0.05, 0) is 49.2 Å². The van der Waals surface area contributed by atoms with Crippen LogP contribution in [0, 0.1) is 0 Å². The van der Waals surface area contributed by atoms with Crippen molar-refractivity contribution in [3.63, 3.8) is 0 Å². The Morgan fingerprint density at radius 1 is 1.10 bits per heavy atom. The summed E-state index contributed by atoms with van der Waals surface area (Å²) >= 11 is 0. The van der Waals surface area contributed by atoms with Gasteiger partial charge in [0.2, 0.25) is 0 Å². The van der Waals surface area contributed by atoms with Crippen molar-refractivity contribution in [2.24, 2.45) is 0 Å². The quantitative estimate of drug-likeness (QED) is 0.385. The molecule has 0 saturated heterocycles. The molecule has 0 radical (unpaired) electrons. The zero-order chi connectivity index (χ0) is 21.4. The number of phenols is 1. The molecule has 0 aliphatic carbocycles. The fraction of sp³-hybridized carbons (Fsp3) is 0.304. The molecule has 2 rings (SSSR count). The summed E-state index contributed by atoms with van der Waals surface area (Å²) in [5.41, 5.74) is 2.48. The van der Waals surface area contributed by atoms with Crippen molar-refractivity contribution in [1.82, 2.24) is 0 Å². The second-order valence-electron chi connectivity index (χ2n) is 6.47. The van der Waals surface area contributed by atoms with Crippen LogP contribution in [-0.2, 0) is 22.6 Å². The van der Waals surface area contributed by atoms with Crippen LogP contribution in [0.15, 0.2) is 36.4 Å². The highest BCUT2D eigenvalue weighted by Gasteiger charge is 2.16. The average molecular weight is 398 g/mol. The summed E-state index contributed by atoms with van der Waals surface area (Å²) in [6.07, 6.45) is 4.33. The molecule has 0 fully saturated rings. The number of aromatic hydroxyl groups is 1. The first-order valence-corrected chi connectivity index (χ1v) is 9.32. The minimum absolute atomic E-state index is 0.0201. The summed E-state index contributed by atoms with van der Waals surface area (Å²) in [6.45, 7) is 3.66. The minimum Gasteiger partial charge on any atom is -0.507 e. The molecule has 0 amide bonds. The predicted molar refractivity (Wildman–Crippen MR) is 110 cm³/mol. The van der Waals surface area contributed by atoms with Crippen molar-refractivity contribution in [2.45, 2.75) is 33.3 Å². The van der Waals surface area contributed by atoms with Gasteiger partial charge in [0.1, 0.15) is 23.9 Å². The topological polar surface area (TPSA) is 82.1 Å². The molecule has 0 aliphatic heterocycles. The first kappa shape index (κ1) is 22.0. The normalized spacial score (nSPS) is 10.8. The zero-order valence-electron chi connectivity index (χ0n) is 17.2. The molecular weight excluding hydrogens is 372 g/mol. The summed E-state index contributed by atoms with van der Waals surface area (Å²) in [6, 6.07) is 8.78. The van der Waals surface area contributed by atoms with Crippen LogP contribution in [0.1, 0.15) is 47.3 Å². The number of ketones is 1. The van der Waals surface area contributed by atoms with Gasteiger partial charge in [0.15, 0.2) is 5.78 Å². The summed E-state index contributed by atoms with van der Waals surface area (Å²) < 4.78 is 15.9. The number of benzene rings is 2. The van der Waals surface area contributed by atoms with Crippen LogP contribution in [0.2, 0.25) is 0 Å². The fourth-order valence-electron chi connectivity index (χ4n) is 2.92. The number of ether oxygens (including phenoxy) is 3. The van der Waals surface area contributed by atoms with Crippen LogP contribution in [-0.4, -0.2) is 31.1 Å². The molecule has 0 aliphatic rings. The van der Waals surface area contributed by atoms with Crippen LogP contribution < -0.4 is 9.47 Å². The van der Waals surface area contributed by atoms with E-state index in [1.54, 1.807) is 31.4 Å². The molecule has 6 nitrogen and oxygen atoms in total. The molecule has 0 unspecified atom stereocenters. The Morgan fingerprint density at radius 3 is 2.45 bits per heavy atom. The van der Waals surface area contributed by atoms with Gasteiger partial charge in [0, 0.05) is 17.2 Å². The molecule has 0 spiro atoms. The van der Waals surface area contributed by atoms with E-state index in [1.807, 2.05) is 19.1 Å². The van der Waals surface area contributed by atoms with Crippen molar-refractivity contribution >= 4 is 17.8 Å². The van der Waals surface area contributed by atoms with E-state index in [-0.39, 0.29) is 18.1 Å². The van der Waals surface area contributed by atoms with Gasteiger partial charge in [0.25, 0.3) is 0 Å². The molecule has 0 saturated carbocycles. The van der Waals surface area contributed by atoms with Gasteiger partial charge < -0.3 is 19.3 Å². The van der Waals surface area contributed by atoms with E-state index in [1.165, 1.54) is 20.1 Å². The van der Waals surface area contributed by atoms with Crippen LogP contribution in [0.4, 0.5) is 0 Å². The van der Waals surface area contributed by atoms with Crippen LogP contribution in [0.25, 0.3) is 6.08 Å². The number of methoxy groups -OCH3 is 2. The molecule has 0 atom stereocenters. The fourth-order valence-corrected chi connectivity index (χ4v) is 2.92. The highest BCUT2D eigenvalue weighted by molar-refractivity contribution is 5.97. The van der Waals surface area contributed by atoms with Gasteiger partial charge in [-0.1, -0.05) is 19.4 Å². The Balaban J connectivity index is 2.27. The molecule has 2 aromatic carbocycles. The number of hydrogen-bond donors (Lipinski definition) is 1. The van der Waals surface area contributed by atoms with E-state index in [2.05, 4.69) is 4.74 Å². The number of esters is 1. The monoisotopic (exact) mass is 398 g/mol. The number of carbonyl (C=O) groups is 2. The molecule has 2 aromatic rings. The minimum atomic E-state index is -0.459. The van der Waals surface area contributed by atoms with Crippen molar-refractivity contribution in [3.05, 3.63) is 58.7 Å². The molecule has 154 valence electrons. The van der Waals surface area contributed by atoms with Gasteiger partial charge in [0.05, 0.1) is 19.8 Å². The van der Waals surface area contributed by atoms with Gasteiger partial charge >= 0.3 is 5.97 Å². The number of carbonyl (C=O) groups excluding carboxylic acids is 2.